The molecule has 0 N–H and O–H groups in total. The molecule has 0 saturated carbocycles. The molecule has 2 rings (SSSR count). The highest BCUT2D eigenvalue weighted by Crippen LogP contribution is 2.18. The van der Waals surface area contributed by atoms with Crippen LogP contribution >= 0.6 is 15.9 Å². The molecule has 1 atom stereocenters. The monoisotopic (exact) mass is 264 g/mol. The minimum atomic E-state index is 0.496. The van der Waals surface area contributed by atoms with Crippen LogP contribution in [0.25, 0.3) is 10.9 Å². The Morgan fingerprint density at radius 3 is 2.87 bits per heavy atom. The standard InChI is InChI=1S/C12H13BrN2/c1-2-9(13)7-12-10-5-3-4-6-11(10)14-8-15-12/h3-6,8-9H,2,7H2,1H3. The third-order valence-corrected chi connectivity index (χ3v) is 3.45. The fourth-order valence-electron chi connectivity index (χ4n) is 1.58. The quantitative estimate of drug-likeness (QED) is 0.795. The second-order valence-corrected chi connectivity index (χ2v) is 4.84. The van der Waals surface area contributed by atoms with E-state index in [4.69, 9.17) is 0 Å². The van der Waals surface area contributed by atoms with Gasteiger partial charge in [-0.05, 0) is 12.5 Å². The van der Waals surface area contributed by atoms with Gasteiger partial charge < -0.3 is 0 Å². The van der Waals surface area contributed by atoms with Crippen LogP contribution in [0.2, 0.25) is 0 Å². The van der Waals surface area contributed by atoms with E-state index >= 15 is 0 Å². The number of alkyl halides is 1. The Labute approximate surface area is 97.9 Å². The summed E-state index contributed by atoms with van der Waals surface area (Å²) < 4.78 is 0. The molecule has 1 aromatic carbocycles. The molecule has 2 nitrogen and oxygen atoms in total. The predicted octanol–water partition coefficient (Wildman–Crippen LogP) is 3.35. The van der Waals surface area contributed by atoms with Crippen LogP contribution in [0.1, 0.15) is 19.0 Å². The van der Waals surface area contributed by atoms with Crippen LogP contribution < -0.4 is 0 Å². The number of rotatable bonds is 3. The number of hydrogen-bond acceptors (Lipinski definition) is 2. The van der Waals surface area contributed by atoms with Gasteiger partial charge in [0.25, 0.3) is 0 Å². The van der Waals surface area contributed by atoms with Gasteiger partial charge in [-0.15, -0.1) is 0 Å². The zero-order chi connectivity index (χ0) is 10.7. The van der Waals surface area contributed by atoms with Crippen molar-refractivity contribution in [2.45, 2.75) is 24.6 Å². The van der Waals surface area contributed by atoms with Crippen molar-refractivity contribution in [3.8, 4) is 0 Å². The zero-order valence-electron chi connectivity index (χ0n) is 8.65. The molecule has 1 aromatic heterocycles. The molecule has 0 amide bonds. The first-order valence-corrected chi connectivity index (χ1v) is 6.05. The number of para-hydroxylation sites is 1. The summed E-state index contributed by atoms with van der Waals surface area (Å²) in [6.07, 6.45) is 3.71. The summed E-state index contributed by atoms with van der Waals surface area (Å²) in [4.78, 5) is 9.10. The molecular formula is C12H13BrN2. The van der Waals surface area contributed by atoms with Crippen LogP contribution in [0.5, 0.6) is 0 Å². The van der Waals surface area contributed by atoms with Gasteiger partial charge in [-0.25, -0.2) is 9.97 Å². The molecule has 1 heterocycles. The first-order chi connectivity index (χ1) is 7.31. The van der Waals surface area contributed by atoms with Crippen LogP contribution in [0.4, 0.5) is 0 Å². The van der Waals surface area contributed by atoms with Crippen LogP contribution in [0.3, 0.4) is 0 Å². The molecule has 0 aliphatic heterocycles. The second-order valence-electron chi connectivity index (χ2n) is 3.55. The molecule has 0 spiro atoms. The number of halogens is 1. The maximum absolute atomic E-state index is 4.35. The van der Waals surface area contributed by atoms with Crippen molar-refractivity contribution in [1.29, 1.82) is 0 Å². The Kier molecular flexibility index (Phi) is 3.31. The maximum atomic E-state index is 4.35. The molecule has 0 aliphatic carbocycles. The van der Waals surface area contributed by atoms with Crippen molar-refractivity contribution in [3.63, 3.8) is 0 Å². The number of benzene rings is 1. The molecule has 1 unspecified atom stereocenters. The van der Waals surface area contributed by atoms with Crippen LogP contribution in [0, 0.1) is 0 Å². The van der Waals surface area contributed by atoms with Gasteiger partial charge in [0.1, 0.15) is 6.33 Å². The van der Waals surface area contributed by atoms with Crippen LogP contribution in [-0.2, 0) is 6.42 Å². The van der Waals surface area contributed by atoms with Crippen molar-refractivity contribution in [2.75, 3.05) is 0 Å². The third kappa shape index (κ3) is 2.34. The van der Waals surface area contributed by atoms with Gasteiger partial charge in [0.05, 0.1) is 11.2 Å². The molecule has 0 fully saturated rings. The van der Waals surface area contributed by atoms with E-state index in [2.05, 4.69) is 38.9 Å². The minimum absolute atomic E-state index is 0.496. The molecule has 0 bridgehead atoms. The average molecular weight is 265 g/mol. The van der Waals surface area contributed by atoms with Gasteiger partial charge in [-0.3, -0.25) is 0 Å². The van der Waals surface area contributed by atoms with Crippen LogP contribution in [-0.4, -0.2) is 14.8 Å². The largest absolute Gasteiger partial charge is 0.241 e. The lowest BCUT2D eigenvalue weighted by Gasteiger charge is -2.08. The molecule has 0 aliphatic rings. The Hall–Kier alpha value is -0.960. The third-order valence-electron chi connectivity index (χ3n) is 2.48. The van der Waals surface area contributed by atoms with E-state index < -0.39 is 0 Å². The topological polar surface area (TPSA) is 25.8 Å². The molecule has 0 saturated heterocycles. The SMILES string of the molecule is CCC(Br)Cc1ncnc2ccccc12. The van der Waals surface area contributed by atoms with Gasteiger partial charge in [0.2, 0.25) is 0 Å². The fraction of sp³-hybridized carbons (Fsp3) is 0.333. The minimum Gasteiger partial charge on any atom is -0.241 e. The van der Waals surface area contributed by atoms with Crippen molar-refractivity contribution in [1.82, 2.24) is 9.97 Å². The molecule has 3 heteroatoms. The Balaban J connectivity index is 2.42. The summed E-state index contributed by atoms with van der Waals surface area (Å²) in [7, 11) is 0. The van der Waals surface area contributed by atoms with E-state index in [9.17, 15) is 0 Å². The summed E-state index contributed by atoms with van der Waals surface area (Å²) in [5.41, 5.74) is 2.16. The molecule has 2 aromatic rings. The van der Waals surface area contributed by atoms with Crippen molar-refractivity contribution in [2.24, 2.45) is 0 Å². The Bertz CT molecular complexity index is 451. The number of fused-ring (bicyclic) bond motifs is 1. The molecule has 0 radical (unpaired) electrons. The molecule has 78 valence electrons. The first-order valence-electron chi connectivity index (χ1n) is 5.14. The highest BCUT2D eigenvalue weighted by atomic mass is 79.9. The predicted molar refractivity (Wildman–Crippen MR) is 66.2 cm³/mol. The normalized spacial score (nSPS) is 12.9. The lowest BCUT2D eigenvalue weighted by atomic mass is 10.1. The average Bonchev–Trinajstić information content (AvgIpc) is 2.29. The van der Waals surface area contributed by atoms with E-state index in [-0.39, 0.29) is 0 Å². The van der Waals surface area contributed by atoms with E-state index in [0.717, 1.165) is 29.4 Å². The number of hydrogen-bond donors (Lipinski definition) is 0. The van der Waals surface area contributed by atoms with Gasteiger partial charge in [-0.2, -0.15) is 0 Å². The lowest BCUT2D eigenvalue weighted by molar-refractivity contribution is 0.812. The summed E-state index contributed by atoms with van der Waals surface area (Å²) in [5.74, 6) is 0. The highest BCUT2D eigenvalue weighted by Gasteiger charge is 2.07. The number of nitrogens with zero attached hydrogens (tertiary/aromatic N) is 2. The Morgan fingerprint density at radius 2 is 2.07 bits per heavy atom. The molecular weight excluding hydrogens is 252 g/mol. The van der Waals surface area contributed by atoms with Gasteiger partial charge in [-0.1, -0.05) is 41.1 Å². The van der Waals surface area contributed by atoms with Gasteiger partial charge >= 0.3 is 0 Å². The van der Waals surface area contributed by atoms with Gasteiger partial charge in [0, 0.05) is 16.6 Å². The highest BCUT2D eigenvalue weighted by molar-refractivity contribution is 9.09. The van der Waals surface area contributed by atoms with Crippen molar-refractivity contribution in [3.05, 3.63) is 36.3 Å². The van der Waals surface area contributed by atoms with E-state index in [0.29, 0.717) is 4.83 Å². The summed E-state index contributed by atoms with van der Waals surface area (Å²) in [6.45, 7) is 2.17. The second kappa shape index (κ2) is 4.71. The Morgan fingerprint density at radius 1 is 1.27 bits per heavy atom. The first kappa shape index (κ1) is 10.6. The van der Waals surface area contributed by atoms with Crippen molar-refractivity contribution >= 4 is 26.8 Å². The van der Waals surface area contributed by atoms with E-state index in [1.54, 1.807) is 6.33 Å². The lowest BCUT2D eigenvalue weighted by Crippen LogP contribution is -2.03. The fourth-order valence-corrected chi connectivity index (χ4v) is 1.88. The van der Waals surface area contributed by atoms with E-state index in [1.807, 2.05) is 18.2 Å². The molecule has 15 heavy (non-hydrogen) atoms. The van der Waals surface area contributed by atoms with Crippen molar-refractivity contribution < 1.29 is 0 Å². The van der Waals surface area contributed by atoms with E-state index in [1.165, 1.54) is 0 Å². The van der Waals surface area contributed by atoms with Gasteiger partial charge in [0.15, 0.2) is 0 Å². The maximum Gasteiger partial charge on any atom is 0.116 e. The number of aromatic nitrogens is 2. The summed E-state index contributed by atoms with van der Waals surface area (Å²) in [6, 6.07) is 8.14. The summed E-state index contributed by atoms with van der Waals surface area (Å²) in [5, 5.41) is 1.16. The zero-order valence-corrected chi connectivity index (χ0v) is 10.2. The smallest absolute Gasteiger partial charge is 0.116 e. The van der Waals surface area contributed by atoms with Crippen LogP contribution in [0.15, 0.2) is 30.6 Å². The summed E-state index contributed by atoms with van der Waals surface area (Å²) >= 11 is 3.64.